The summed E-state index contributed by atoms with van der Waals surface area (Å²) in [5, 5.41) is 2.99. The van der Waals surface area contributed by atoms with Crippen LogP contribution in [-0.4, -0.2) is 51.7 Å². The van der Waals surface area contributed by atoms with Crippen molar-refractivity contribution in [2.45, 2.75) is 32.7 Å². The SMILES string of the molecule is CCS(=O)(=O)N1CCC[C@@H](C(=O)N[C@H](C)c2ccc(OC)c(OC)c2)C1. The van der Waals surface area contributed by atoms with E-state index in [2.05, 4.69) is 5.32 Å². The molecule has 0 aliphatic carbocycles. The predicted octanol–water partition coefficient (Wildman–Crippen LogP) is 1.94. The molecule has 1 heterocycles. The Morgan fingerprint density at radius 1 is 1.31 bits per heavy atom. The number of amides is 1. The zero-order valence-corrected chi connectivity index (χ0v) is 16.6. The highest BCUT2D eigenvalue weighted by molar-refractivity contribution is 7.89. The van der Waals surface area contributed by atoms with Crippen molar-refractivity contribution < 1.29 is 22.7 Å². The van der Waals surface area contributed by atoms with Gasteiger partial charge in [-0.3, -0.25) is 4.79 Å². The molecule has 0 unspecified atom stereocenters. The standard InChI is InChI=1S/C18H28N2O5S/c1-5-26(22,23)20-10-6-7-15(12-20)18(21)19-13(2)14-8-9-16(24-3)17(11-14)25-4/h8-9,11,13,15H,5-7,10,12H2,1-4H3,(H,19,21)/t13-,15-/m1/s1. The van der Waals surface area contributed by atoms with E-state index in [-0.39, 0.29) is 30.2 Å². The molecule has 1 aromatic rings. The molecule has 1 aromatic carbocycles. The van der Waals surface area contributed by atoms with E-state index >= 15 is 0 Å². The van der Waals surface area contributed by atoms with Crippen LogP contribution in [0.15, 0.2) is 18.2 Å². The molecular weight excluding hydrogens is 356 g/mol. The summed E-state index contributed by atoms with van der Waals surface area (Å²) in [5.74, 6) is 0.839. The van der Waals surface area contributed by atoms with Gasteiger partial charge in [-0.1, -0.05) is 6.07 Å². The summed E-state index contributed by atoms with van der Waals surface area (Å²) < 4.78 is 36.1. The van der Waals surface area contributed by atoms with Gasteiger partial charge in [-0.15, -0.1) is 0 Å². The van der Waals surface area contributed by atoms with E-state index in [1.54, 1.807) is 27.2 Å². The van der Waals surface area contributed by atoms with Gasteiger partial charge < -0.3 is 14.8 Å². The van der Waals surface area contributed by atoms with Crippen molar-refractivity contribution in [1.82, 2.24) is 9.62 Å². The predicted molar refractivity (Wildman–Crippen MR) is 99.9 cm³/mol. The van der Waals surface area contributed by atoms with Gasteiger partial charge in [0.1, 0.15) is 0 Å². The van der Waals surface area contributed by atoms with E-state index in [0.717, 1.165) is 5.56 Å². The lowest BCUT2D eigenvalue weighted by Crippen LogP contribution is -2.46. The number of piperidine rings is 1. The van der Waals surface area contributed by atoms with E-state index in [1.165, 1.54) is 4.31 Å². The first-order valence-corrected chi connectivity index (χ1v) is 10.4. The number of carbonyl (C=O) groups excluding carboxylic acids is 1. The van der Waals surface area contributed by atoms with Gasteiger partial charge in [-0.2, -0.15) is 0 Å². The van der Waals surface area contributed by atoms with Crippen LogP contribution < -0.4 is 14.8 Å². The molecule has 1 saturated heterocycles. The van der Waals surface area contributed by atoms with Gasteiger partial charge in [0.2, 0.25) is 15.9 Å². The summed E-state index contributed by atoms with van der Waals surface area (Å²) >= 11 is 0. The second-order valence-corrected chi connectivity index (χ2v) is 8.70. The maximum absolute atomic E-state index is 12.6. The smallest absolute Gasteiger partial charge is 0.224 e. The molecule has 0 spiro atoms. The van der Waals surface area contributed by atoms with Crippen LogP contribution in [0, 0.1) is 5.92 Å². The second kappa shape index (κ2) is 8.73. The summed E-state index contributed by atoms with van der Waals surface area (Å²) in [6, 6.07) is 5.28. The van der Waals surface area contributed by atoms with E-state index in [1.807, 2.05) is 19.1 Å². The Labute approximate surface area is 155 Å². The van der Waals surface area contributed by atoms with Crippen LogP contribution in [0.2, 0.25) is 0 Å². The van der Waals surface area contributed by atoms with Crippen LogP contribution in [0.5, 0.6) is 11.5 Å². The first-order chi connectivity index (χ1) is 12.3. The lowest BCUT2D eigenvalue weighted by atomic mass is 9.98. The van der Waals surface area contributed by atoms with Gasteiger partial charge in [-0.05, 0) is 44.4 Å². The summed E-state index contributed by atoms with van der Waals surface area (Å²) in [4.78, 5) is 12.6. The molecule has 0 bridgehead atoms. The number of sulfonamides is 1. The number of hydrogen-bond donors (Lipinski definition) is 1. The van der Waals surface area contributed by atoms with Crippen molar-refractivity contribution in [2.75, 3.05) is 33.1 Å². The van der Waals surface area contributed by atoms with Crippen molar-refractivity contribution >= 4 is 15.9 Å². The van der Waals surface area contributed by atoms with Gasteiger partial charge in [0.25, 0.3) is 0 Å². The summed E-state index contributed by atoms with van der Waals surface area (Å²) in [5.41, 5.74) is 0.893. The van der Waals surface area contributed by atoms with E-state index in [4.69, 9.17) is 9.47 Å². The maximum atomic E-state index is 12.6. The first kappa shape index (κ1) is 20.5. The van der Waals surface area contributed by atoms with Crippen molar-refractivity contribution in [1.29, 1.82) is 0 Å². The van der Waals surface area contributed by atoms with Crippen LogP contribution >= 0.6 is 0 Å². The van der Waals surface area contributed by atoms with E-state index < -0.39 is 10.0 Å². The van der Waals surface area contributed by atoms with Crippen LogP contribution in [0.3, 0.4) is 0 Å². The van der Waals surface area contributed by atoms with Gasteiger partial charge in [0, 0.05) is 13.1 Å². The molecule has 8 heteroatoms. The number of rotatable bonds is 7. The molecule has 0 radical (unpaired) electrons. The Bertz CT molecular complexity index is 735. The number of nitrogens with one attached hydrogen (secondary N) is 1. The molecular formula is C18H28N2O5S. The number of nitrogens with zero attached hydrogens (tertiary/aromatic N) is 1. The Hall–Kier alpha value is -1.80. The Kier molecular flexibility index (Phi) is 6.88. The molecule has 1 amide bonds. The Balaban J connectivity index is 2.04. The highest BCUT2D eigenvalue weighted by Crippen LogP contribution is 2.30. The molecule has 0 saturated carbocycles. The van der Waals surface area contributed by atoms with Gasteiger partial charge in [0.05, 0.1) is 31.9 Å². The van der Waals surface area contributed by atoms with Crippen LogP contribution in [-0.2, 0) is 14.8 Å². The Morgan fingerprint density at radius 2 is 2.00 bits per heavy atom. The monoisotopic (exact) mass is 384 g/mol. The molecule has 146 valence electrons. The molecule has 0 aromatic heterocycles. The summed E-state index contributed by atoms with van der Waals surface area (Å²) in [6.45, 7) is 4.26. The minimum absolute atomic E-state index is 0.0589. The van der Waals surface area contributed by atoms with Crippen molar-refractivity contribution in [3.8, 4) is 11.5 Å². The highest BCUT2D eigenvalue weighted by atomic mass is 32.2. The summed E-state index contributed by atoms with van der Waals surface area (Å²) in [7, 11) is -0.126. The molecule has 1 aliphatic rings. The number of carbonyl (C=O) groups is 1. The second-order valence-electron chi connectivity index (χ2n) is 6.44. The molecule has 1 fully saturated rings. The average molecular weight is 384 g/mol. The number of methoxy groups -OCH3 is 2. The topological polar surface area (TPSA) is 84.9 Å². The largest absolute Gasteiger partial charge is 0.493 e. The van der Waals surface area contributed by atoms with Gasteiger partial charge >= 0.3 is 0 Å². The Morgan fingerprint density at radius 3 is 2.62 bits per heavy atom. The fourth-order valence-corrected chi connectivity index (χ4v) is 4.31. The van der Waals surface area contributed by atoms with Gasteiger partial charge in [-0.25, -0.2) is 12.7 Å². The molecule has 7 nitrogen and oxygen atoms in total. The highest BCUT2D eigenvalue weighted by Gasteiger charge is 2.31. The van der Waals surface area contributed by atoms with Crippen molar-refractivity contribution in [3.63, 3.8) is 0 Å². The van der Waals surface area contributed by atoms with E-state index in [9.17, 15) is 13.2 Å². The lowest BCUT2D eigenvalue weighted by Gasteiger charge is -2.31. The fraction of sp³-hybridized carbons (Fsp3) is 0.611. The number of benzene rings is 1. The van der Waals surface area contributed by atoms with Crippen LogP contribution in [0.25, 0.3) is 0 Å². The quantitative estimate of drug-likeness (QED) is 0.777. The fourth-order valence-electron chi connectivity index (χ4n) is 3.13. The van der Waals surface area contributed by atoms with Crippen molar-refractivity contribution in [3.05, 3.63) is 23.8 Å². The minimum Gasteiger partial charge on any atom is -0.493 e. The molecule has 2 atom stereocenters. The zero-order chi connectivity index (χ0) is 19.3. The third kappa shape index (κ3) is 4.67. The number of ether oxygens (including phenoxy) is 2. The molecule has 2 rings (SSSR count). The van der Waals surface area contributed by atoms with Crippen LogP contribution in [0.1, 0.15) is 38.3 Å². The zero-order valence-electron chi connectivity index (χ0n) is 15.8. The molecule has 1 aliphatic heterocycles. The summed E-state index contributed by atoms with van der Waals surface area (Å²) in [6.07, 6.45) is 1.39. The third-order valence-electron chi connectivity index (χ3n) is 4.78. The maximum Gasteiger partial charge on any atom is 0.224 e. The van der Waals surface area contributed by atoms with E-state index in [0.29, 0.717) is 30.9 Å². The minimum atomic E-state index is -3.26. The van der Waals surface area contributed by atoms with Crippen molar-refractivity contribution in [2.24, 2.45) is 5.92 Å². The van der Waals surface area contributed by atoms with Crippen LogP contribution in [0.4, 0.5) is 0 Å². The average Bonchev–Trinajstić information content (AvgIpc) is 2.67. The third-order valence-corrected chi connectivity index (χ3v) is 6.63. The molecule has 1 N–H and O–H groups in total. The normalized spacial score (nSPS) is 19.6. The lowest BCUT2D eigenvalue weighted by molar-refractivity contribution is -0.126. The number of hydrogen-bond acceptors (Lipinski definition) is 5. The molecule has 26 heavy (non-hydrogen) atoms. The van der Waals surface area contributed by atoms with Gasteiger partial charge in [0.15, 0.2) is 11.5 Å². The first-order valence-electron chi connectivity index (χ1n) is 8.82.